The Morgan fingerprint density at radius 1 is 0.960 bits per heavy atom. The fourth-order valence-electron chi connectivity index (χ4n) is 3.03. The average Bonchev–Trinajstić information content (AvgIpc) is 2.96. The monoisotopic (exact) mass is 376 g/mol. The number of rotatable bonds is 8. The van der Waals surface area contributed by atoms with Crippen molar-refractivity contribution in [3.8, 4) is 0 Å². The normalized spacial score (nSPS) is 11.3. The Labute approximate surface area is 158 Å². The van der Waals surface area contributed by atoms with Crippen LogP contribution in [0.5, 0.6) is 0 Å². The number of unbranched alkanes of at least 4 members (excludes halogenated alkanes) is 1. The molecule has 25 heavy (non-hydrogen) atoms. The number of nitrogens with one attached hydrogen (secondary N) is 1. The summed E-state index contributed by atoms with van der Waals surface area (Å²) in [7, 11) is 0. The summed E-state index contributed by atoms with van der Waals surface area (Å²) in [5, 5.41) is 14.9. The van der Waals surface area contributed by atoms with E-state index in [1.807, 2.05) is 24.3 Å². The predicted molar refractivity (Wildman–Crippen MR) is 106 cm³/mol. The molecule has 0 saturated heterocycles. The molecule has 0 bridgehead atoms. The number of aliphatic hydroxyl groups excluding tert-OH is 1. The van der Waals surface area contributed by atoms with Crippen LogP contribution in [-0.4, -0.2) is 22.8 Å². The van der Waals surface area contributed by atoms with Gasteiger partial charge in [-0.05, 0) is 43.1 Å². The van der Waals surface area contributed by atoms with Gasteiger partial charge in [0, 0.05) is 45.9 Å². The van der Waals surface area contributed by atoms with Gasteiger partial charge in [-0.25, -0.2) is 0 Å². The van der Waals surface area contributed by atoms with Crippen LogP contribution in [0.3, 0.4) is 0 Å². The van der Waals surface area contributed by atoms with Gasteiger partial charge in [0.1, 0.15) is 0 Å². The zero-order valence-corrected chi connectivity index (χ0v) is 15.5. The van der Waals surface area contributed by atoms with E-state index < -0.39 is 0 Å². The molecule has 2 N–H and O–H groups in total. The summed E-state index contributed by atoms with van der Waals surface area (Å²) in [6, 6.07) is 14.0. The van der Waals surface area contributed by atoms with Gasteiger partial charge in [-0.15, -0.1) is 0 Å². The number of nitrogens with zero attached hydrogens (tertiary/aromatic N) is 1. The van der Waals surface area contributed by atoms with Crippen LogP contribution in [0.1, 0.15) is 24.0 Å². The molecule has 0 saturated carbocycles. The number of aliphatic hydroxyl groups is 1. The van der Waals surface area contributed by atoms with Gasteiger partial charge in [0.25, 0.3) is 0 Å². The third-order valence-corrected chi connectivity index (χ3v) is 5.05. The molecule has 5 heteroatoms. The maximum atomic E-state index is 8.86. The molecule has 3 aromatic rings. The van der Waals surface area contributed by atoms with Gasteiger partial charge in [-0.2, -0.15) is 0 Å². The molecule has 0 unspecified atom stereocenters. The van der Waals surface area contributed by atoms with E-state index >= 15 is 0 Å². The van der Waals surface area contributed by atoms with E-state index in [0.717, 1.165) is 31.5 Å². The van der Waals surface area contributed by atoms with Crippen LogP contribution >= 0.6 is 23.2 Å². The summed E-state index contributed by atoms with van der Waals surface area (Å²) in [6.45, 7) is 2.59. The van der Waals surface area contributed by atoms with E-state index in [1.54, 1.807) is 0 Å². The molecular weight excluding hydrogens is 355 g/mol. The highest BCUT2D eigenvalue weighted by molar-refractivity contribution is 6.36. The van der Waals surface area contributed by atoms with E-state index in [1.165, 1.54) is 16.5 Å². The van der Waals surface area contributed by atoms with Gasteiger partial charge in [0.15, 0.2) is 0 Å². The topological polar surface area (TPSA) is 37.2 Å². The first-order valence-corrected chi connectivity index (χ1v) is 9.27. The third-order valence-electron chi connectivity index (χ3n) is 4.34. The summed E-state index contributed by atoms with van der Waals surface area (Å²) in [5.41, 5.74) is 3.36. The minimum Gasteiger partial charge on any atom is -0.396 e. The van der Waals surface area contributed by atoms with Crippen LogP contribution in [0, 0.1) is 0 Å². The zero-order chi connectivity index (χ0) is 17.6. The molecular formula is C20H22Cl2N2O. The van der Waals surface area contributed by atoms with E-state index in [9.17, 15) is 0 Å². The molecule has 132 valence electrons. The Bertz CT molecular complexity index is 825. The molecule has 0 fully saturated rings. The number of halogens is 2. The molecule has 0 radical (unpaired) electrons. The van der Waals surface area contributed by atoms with E-state index in [2.05, 4.69) is 34.3 Å². The van der Waals surface area contributed by atoms with Crippen LogP contribution < -0.4 is 5.32 Å². The van der Waals surface area contributed by atoms with Crippen molar-refractivity contribution < 1.29 is 5.11 Å². The van der Waals surface area contributed by atoms with Crippen LogP contribution in [-0.2, 0) is 13.1 Å². The van der Waals surface area contributed by atoms with E-state index in [4.69, 9.17) is 28.3 Å². The van der Waals surface area contributed by atoms with Crippen molar-refractivity contribution >= 4 is 34.1 Å². The number of fused-ring (bicyclic) bond motifs is 1. The first-order chi connectivity index (χ1) is 12.2. The van der Waals surface area contributed by atoms with Crippen molar-refractivity contribution in [2.45, 2.75) is 25.9 Å². The predicted octanol–water partition coefficient (Wildman–Crippen LogP) is 4.86. The molecule has 0 aliphatic carbocycles. The number of hydrogen-bond donors (Lipinski definition) is 2. The molecule has 0 aliphatic heterocycles. The van der Waals surface area contributed by atoms with Crippen molar-refractivity contribution in [1.82, 2.24) is 9.88 Å². The molecule has 0 spiro atoms. The SMILES string of the molecule is OCCCCNCc1cn(Cc2c(Cl)cccc2Cl)c2ccccc12. The highest BCUT2D eigenvalue weighted by Crippen LogP contribution is 2.28. The maximum absolute atomic E-state index is 8.86. The maximum Gasteiger partial charge on any atom is 0.0505 e. The smallest absolute Gasteiger partial charge is 0.0505 e. The number of hydrogen-bond acceptors (Lipinski definition) is 2. The van der Waals surface area contributed by atoms with Gasteiger partial charge in [0.2, 0.25) is 0 Å². The van der Waals surface area contributed by atoms with E-state index in [0.29, 0.717) is 16.6 Å². The molecule has 3 rings (SSSR count). The Morgan fingerprint density at radius 2 is 1.72 bits per heavy atom. The quantitative estimate of drug-likeness (QED) is 0.550. The molecule has 0 aliphatic rings. The standard InChI is InChI=1S/C20H22Cl2N2O/c21-18-7-5-8-19(22)17(18)14-24-13-15(12-23-10-3-4-11-25)16-6-1-2-9-20(16)24/h1-2,5-9,13,23,25H,3-4,10-12,14H2. The van der Waals surface area contributed by atoms with Gasteiger partial charge in [-0.1, -0.05) is 47.5 Å². The summed E-state index contributed by atoms with van der Waals surface area (Å²) in [5.74, 6) is 0. The largest absolute Gasteiger partial charge is 0.396 e. The second-order valence-electron chi connectivity index (χ2n) is 6.11. The minimum atomic E-state index is 0.250. The fourth-order valence-corrected chi connectivity index (χ4v) is 3.55. The lowest BCUT2D eigenvalue weighted by molar-refractivity contribution is 0.283. The van der Waals surface area contributed by atoms with Crippen molar-refractivity contribution in [3.63, 3.8) is 0 Å². The second-order valence-corrected chi connectivity index (χ2v) is 6.92. The summed E-state index contributed by atoms with van der Waals surface area (Å²) < 4.78 is 2.20. The lowest BCUT2D eigenvalue weighted by Crippen LogP contribution is -2.14. The first kappa shape index (κ1) is 18.3. The van der Waals surface area contributed by atoms with E-state index in [-0.39, 0.29) is 6.61 Å². The van der Waals surface area contributed by atoms with Gasteiger partial charge in [0.05, 0.1) is 6.54 Å². The van der Waals surface area contributed by atoms with Gasteiger partial charge in [-0.3, -0.25) is 0 Å². The van der Waals surface area contributed by atoms with Crippen LogP contribution in [0.25, 0.3) is 10.9 Å². The fraction of sp³-hybridized carbons (Fsp3) is 0.300. The summed E-state index contributed by atoms with van der Waals surface area (Å²) >= 11 is 12.7. The molecule has 2 aromatic carbocycles. The van der Waals surface area contributed by atoms with Crippen molar-refractivity contribution in [2.75, 3.05) is 13.2 Å². The molecule has 0 amide bonds. The lowest BCUT2D eigenvalue weighted by Gasteiger charge is -2.09. The Balaban J connectivity index is 1.84. The van der Waals surface area contributed by atoms with Gasteiger partial charge < -0.3 is 15.0 Å². The highest BCUT2D eigenvalue weighted by Gasteiger charge is 2.11. The Kier molecular flexibility index (Phi) is 6.38. The Hall–Kier alpha value is -1.52. The third kappa shape index (κ3) is 4.36. The van der Waals surface area contributed by atoms with Crippen LogP contribution in [0.4, 0.5) is 0 Å². The number of para-hydroxylation sites is 1. The van der Waals surface area contributed by atoms with Crippen molar-refractivity contribution in [2.24, 2.45) is 0 Å². The summed E-state index contributed by atoms with van der Waals surface area (Å²) in [4.78, 5) is 0. The number of aromatic nitrogens is 1. The molecule has 0 atom stereocenters. The first-order valence-electron chi connectivity index (χ1n) is 8.52. The van der Waals surface area contributed by atoms with Crippen LogP contribution in [0.15, 0.2) is 48.7 Å². The minimum absolute atomic E-state index is 0.250. The van der Waals surface area contributed by atoms with Crippen LogP contribution in [0.2, 0.25) is 10.0 Å². The van der Waals surface area contributed by atoms with Gasteiger partial charge >= 0.3 is 0 Å². The second kappa shape index (κ2) is 8.72. The molecule has 1 heterocycles. The number of benzene rings is 2. The Morgan fingerprint density at radius 3 is 2.48 bits per heavy atom. The lowest BCUT2D eigenvalue weighted by atomic mass is 10.2. The molecule has 3 nitrogen and oxygen atoms in total. The van der Waals surface area contributed by atoms with Crippen molar-refractivity contribution in [3.05, 3.63) is 69.8 Å². The highest BCUT2D eigenvalue weighted by atomic mass is 35.5. The zero-order valence-electron chi connectivity index (χ0n) is 14.0. The molecule has 1 aromatic heterocycles. The average molecular weight is 377 g/mol. The summed E-state index contributed by atoms with van der Waals surface area (Å²) in [6.07, 6.45) is 3.98. The van der Waals surface area contributed by atoms with Crippen molar-refractivity contribution in [1.29, 1.82) is 0 Å².